The first-order valence-electron chi connectivity index (χ1n) is 7.84. The number of amides is 1. The number of phenols is 1. The molecule has 0 spiro atoms. The number of hydrogen-bond acceptors (Lipinski definition) is 4. The van der Waals surface area contributed by atoms with Gasteiger partial charge in [0.1, 0.15) is 10.6 Å². The number of carbonyl (C=O) groups is 1. The molecule has 1 fully saturated rings. The van der Waals surface area contributed by atoms with E-state index < -0.39 is 10.0 Å². The van der Waals surface area contributed by atoms with Crippen LogP contribution in [0, 0.1) is 0 Å². The number of hydrogen-bond donors (Lipinski definition) is 1. The molecule has 2 aromatic carbocycles. The van der Waals surface area contributed by atoms with E-state index in [2.05, 4.69) is 0 Å². The zero-order chi connectivity index (χ0) is 18.9. The maximum atomic E-state index is 12.8. The molecule has 138 valence electrons. The van der Waals surface area contributed by atoms with Gasteiger partial charge in [0, 0.05) is 26.2 Å². The van der Waals surface area contributed by atoms with Crippen LogP contribution in [0.1, 0.15) is 10.4 Å². The average Bonchev–Trinajstić information content (AvgIpc) is 2.64. The molecule has 1 saturated heterocycles. The number of aromatic hydroxyl groups is 1. The predicted octanol–water partition coefficient (Wildman–Crippen LogP) is 2.85. The molecule has 0 atom stereocenters. The molecule has 1 amide bonds. The summed E-state index contributed by atoms with van der Waals surface area (Å²) in [5.74, 6) is -0.431. The fourth-order valence-electron chi connectivity index (χ4n) is 2.78. The molecule has 26 heavy (non-hydrogen) atoms. The molecule has 1 N–H and O–H groups in total. The van der Waals surface area contributed by atoms with Crippen LogP contribution in [0.25, 0.3) is 0 Å². The van der Waals surface area contributed by atoms with Crippen molar-refractivity contribution in [1.82, 2.24) is 9.21 Å². The van der Waals surface area contributed by atoms with E-state index in [1.54, 1.807) is 12.1 Å². The number of nitrogens with zero attached hydrogens (tertiary/aromatic N) is 2. The summed E-state index contributed by atoms with van der Waals surface area (Å²) in [6, 6.07) is 10.7. The quantitative estimate of drug-likeness (QED) is 0.837. The molecule has 0 aromatic heterocycles. The second-order valence-electron chi connectivity index (χ2n) is 5.77. The fourth-order valence-corrected chi connectivity index (χ4v) is 4.94. The minimum atomic E-state index is -3.81. The molecule has 0 saturated carbocycles. The number of carbonyl (C=O) groups excluding carboxylic acids is 1. The molecule has 1 aliphatic rings. The maximum Gasteiger partial charge on any atom is 0.257 e. The molecule has 0 aliphatic carbocycles. The Kier molecular flexibility index (Phi) is 5.43. The predicted molar refractivity (Wildman–Crippen MR) is 99.2 cm³/mol. The molecule has 3 rings (SSSR count). The molecule has 6 nitrogen and oxygen atoms in total. The van der Waals surface area contributed by atoms with Gasteiger partial charge in [0.15, 0.2) is 0 Å². The second kappa shape index (κ2) is 7.44. The van der Waals surface area contributed by atoms with Crippen molar-refractivity contribution in [3.8, 4) is 5.75 Å². The van der Waals surface area contributed by atoms with Gasteiger partial charge in [-0.2, -0.15) is 4.31 Å². The Balaban J connectivity index is 1.75. The van der Waals surface area contributed by atoms with Crippen molar-refractivity contribution in [3.05, 3.63) is 58.1 Å². The first kappa shape index (κ1) is 19.0. The lowest BCUT2D eigenvalue weighted by Crippen LogP contribution is -2.50. The lowest BCUT2D eigenvalue weighted by Gasteiger charge is -2.34. The lowest BCUT2D eigenvalue weighted by molar-refractivity contribution is 0.0695. The molecule has 1 heterocycles. The first-order chi connectivity index (χ1) is 12.3. The smallest absolute Gasteiger partial charge is 0.257 e. The van der Waals surface area contributed by atoms with E-state index in [1.165, 1.54) is 39.5 Å². The molecule has 2 aromatic rings. The minimum Gasteiger partial charge on any atom is -0.507 e. The van der Waals surface area contributed by atoms with Crippen LogP contribution in [-0.4, -0.2) is 54.8 Å². The van der Waals surface area contributed by atoms with Crippen LogP contribution in [0.5, 0.6) is 5.75 Å². The van der Waals surface area contributed by atoms with Crippen LogP contribution < -0.4 is 0 Å². The summed E-state index contributed by atoms with van der Waals surface area (Å²) in [5, 5.41) is 9.97. The maximum absolute atomic E-state index is 12.8. The van der Waals surface area contributed by atoms with Gasteiger partial charge in [-0.15, -0.1) is 0 Å². The third-order valence-electron chi connectivity index (χ3n) is 4.19. The van der Waals surface area contributed by atoms with Gasteiger partial charge in [-0.3, -0.25) is 4.79 Å². The van der Waals surface area contributed by atoms with Crippen LogP contribution in [0.4, 0.5) is 0 Å². The van der Waals surface area contributed by atoms with Gasteiger partial charge >= 0.3 is 0 Å². The number of benzene rings is 2. The van der Waals surface area contributed by atoms with Crippen molar-refractivity contribution in [3.63, 3.8) is 0 Å². The SMILES string of the molecule is O=C(c1ccccc1O)N1CCN(S(=O)(=O)c2cccc(Cl)c2Cl)CC1. The minimum absolute atomic E-state index is 0.0121. The van der Waals surface area contributed by atoms with Crippen molar-refractivity contribution in [2.24, 2.45) is 0 Å². The first-order valence-corrected chi connectivity index (χ1v) is 10.0. The summed E-state index contributed by atoms with van der Waals surface area (Å²) < 4.78 is 26.9. The van der Waals surface area contributed by atoms with E-state index in [0.717, 1.165) is 0 Å². The van der Waals surface area contributed by atoms with Crippen LogP contribution in [-0.2, 0) is 10.0 Å². The molecule has 9 heteroatoms. The summed E-state index contributed by atoms with van der Waals surface area (Å²) in [6.07, 6.45) is 0. The zero-order valence-electron chi connectivity index (χ0n) is 13.6. The highest BCUT2D eigenvalue weighted by molar-refractivity contribution is 7.89. The number of para-hydroxylation sites is 1. The van der Waals surface area contributed by atoms with E-state index in [4.69, 9.17) is 23.2 Å². The van der Waals surface area contributed by atoms with Crippen LogP contribution >= 0.6 is 23.2 Å². The average molecular weight is 415 g/mol. The van der Waals surface area contributed by atoms with E-state index in [-0.39, 0.29) is 58.3 Å². The lowest BCUT2D eigenvalue weighted by atomic mass is 10.1. The van der Waals surface area contributed by atoms with Gasteiger partial charge in [-0.1, -0.05) is 41.4 Å². The van der Waals surface area contributed by atoms with Crippen LogP contribution in [0.3, 0.4) is 0 Å². The number of rotatable bonds is 3. The zero-order valence-corrected chi connectivity index (χ0v) is 15.9. The Bertz CT molecular complexity index is 942. The third-order valence-corrected chi connectivity index (χ3v) is 7.07. The standard InChI is InChI=1S/C17H16Cl2N2O4S/c18-13-5-3-7-15(16(13)19)26(24,25)21-10-8-20(9-11-21)17(23)12-4-1-2-6-14(12)22/h1-7,22H,8-11H2. The fraction of sp³-hybridized carbons (Fsp3) is 0.235. The van der Waals surface area contributed by atoms with Gasteiger partial charge in [0.2, 0.25) is 10.0 Å². The van der Waals surface area contributed by atoms with Crippen molar-refractivity contribution in [1.29, 1.82) is 0 Å². The molecule has 0 unspecified atom stereocenters. The summed E-state index contributed by atoms with van der Waals surface area (Å²) in [4.78, 5) is 14.0. The highest BCUT2D eigenvalue weighted by atomic mass is 35.5. The summed E-state index contributed by atoms with van der Waals surface area (Å²) >= 11 is 12.0. The summed E-state index contributed by atoms with van der Waals surface area (Å²) in [5.41, 5.74) is 0.196. The molecule has 1 aliphatic heterocycles. The Morgan fingerprint density at radius 2 is 1.62 bits per heavy atom. The Morgan fingerprint density at radius 3 is 2.27 bits per heavy atom. The van der Waals surface area contributed by atoms with Crippen LogP contribution in [0.15, 0.2) is 47.4 Å². The highest BCUT2D eigenvalue weighted by Gasteiger charge is 2.32. The monoisotopic (exact) mass is 414 g/mol. The topological polar surface area (TPSA) is 77.9 Å². The van der Waals surface area contributed by atoms with Gasteiger partial charge in [0.25, 0.3) is 5.91 Å². The Labute approximate surface area is 161 Å². The molecule has 0 bridgehead atoms. The number of piperazine rings is 1. The Morgan fingerprint density at radius 1 is 0.962 bits per heavy atom. The van der Waals surface area contributed by atoms with Gasteiger partial charge in [-0.05, 0) is 24.3 Å². The third kappa shape index (κ3) is 3.53. The van der Waals surface area contributed by atoms with E-state index >= 15 is 0 Å². The number of halogens is 2. The number of sulfonamides is 1. The van der Waals surface area contributed by atoms with Crippen molar-refractivity contribution in [2.75, 3.05) is 26.2 Å². The van der Waals surface area contributed by atoms with Crippen molar-refractivity contribution in [2.45, 2.75) is 4.90 Å². The largest absolute Gasteiger partial charge is 0.507 e. The summed E-state index contributed by atoms with van der Waals surface area (Å²) in [7, 11) is -3.81. The van der Waals surface area contributed by atoms with Crippen molar-refractivity contribution < 1.29 is 18.3 Å². The van der Waals surface area contributed by atoms with Crippen LogP contribution in [0.2, 0.25) is 10.0 Å². The molecule has 0 radical (unpaired) electrons. The van der Waals surface area contributed by atoms with Crippen molar-refractivity contribution >= 4 is 39.1 Å². The molecular formula is C17H16Cl2N2O4S. The summed E-state index contributed by atoms with van der Waals surface area (Å²) in [6.45, 7) is 0.685. The van der Waals surface area contributed by atoms with Gasteiger partial charge in [0.05, 0.1) is 15.6 Å². The molecular weight excluding hydrogens is 399 g/mol. The highest BCUT2D eigenvalue weighted by Crippen LogP contribution is 2.31. The van der Waals surface area contributed by atoms with E-state index in [1.807, 2.05) is 0 Å². The van der Waals surface area contributed by atoms with E-state index in [9.17, 15) is 18.3 Å². The van der Waals surface area contributed by atoms with Gasteiger partial charge in [-0.25, -0.2) is 8.42 Å². The Hall–Kier alpha value is -1.80. The number of phenolic OH excluding ortho intramolecular Hbond substituents is 1. The second-order valence-corrected chi connectivity index (χ2v) is 8.46. The van der Waals surface area contributed by atoms with E-state index in [0.29, 0.717) is 0 Å². The van der Waals surface area contributed by atoms with Gasteiger partial charge < -0.3 is 10.0 Å². The normalized spacial score (nSPS) is 15.8.